The van der Waals surface area contributed by atoms with E-state index in [1.54, 1.807) is 0 Å². The van der Waals surface area contributed by atoms with Crippen LogP contribution in [0.25, 0.3) is 10.9 Å². The number of aromatic nitrogens is 1. The molecule has 3 N–H and O–H groups in total. The lowest BCUT2D eigenvalue weighted by Crippen LogP contribution is -2.31. The Balaban J connectivity index is 1.66. The summed E-state index contributed by atoms with van der Waals surface area (Å²) < 4.78 is 0. The number of hydrogen-bond donors (Lipinski definition) is 3. The summed E-state index contributed by atoms with van der Waals surface area (Å²) in [6.07, 6.45) is 0.578. The van der Waals surface area contributed by atoms with E-state index in [0.29, 0.717) is 23.1 Å². The smallest absolute Gasteiger partial charge is 0.251 e. The Hall–Kier alpha value is -2.37. The van der Waals surface area contributed by atoms with Crippen LogP contribution in [0.5, 0.6) is 0 Å². The molecule has 2 aromatic carbocycles. The van der Waals surface area contributed by atoms with E-state index in [4.69, 9.17) is 23.8 Å². The molecule has 0 fully saturated rings. The molecule has 0 aliphatic rings. The third-order valence-electron chi connectivity index (χ3n) is 4.82. The van der Waals surface area contributed by atoms with Gasteiger partial charge in [-0.15, -0.1) is 0 Å². The minimum absolute atomic E-state index is 0.0532. The van der Waals surface area contributed by atoms with Gasteiger partial charge in [0.25, 0.3) is 5.56 Å². The molecule has 6 heteroatoms. The second-order valence-corrected chi connectivity index (χ2v) is 7.45. The molecule has 0 saturated heterocycles. The number of thiocarbonyl (C=S) groups is 1. The number of anilines is 1. The van der Waals surface area contributed by atoms with Crippen molar-refractivity contribution in [2.45, 2.75) is 27.2 Å². The zero-order valence-electron chi connectivity index (χ0n) is 15.6. The molecule has 4 nitrogen and oxygen atoms in total. The van der Waals surface area contributed by atoms with Crippen LogP contribution < -0.4 is 16.2 Å². The number of benzene rings is 2. The highest BCUT2D eigenvalue weighted by Gasteiger charge is 2.07. The van der Waals surface area contributed by atoms with Gasteiger partial charge in [0.15, 0.2) is 5.11 Å². The number of aromatic amines is 1. The molecule has 1 aromatic heterocycles. The summed E-state index contributed by atoms with van der Waals surface area (Å²) in [4.78, 5) is 15.4. The fourth-order valence-corrected chi connectivity index (χ4v) is 3.36. The van der Waals surface area contributed by atoms with Crippen molar-refractivity contribution in [3.05, 3.63) is 74.0 Å². The molecule has 0 spiro atoms. The molecule has 27 heavy (non-hydrogen) atoms. The lowest BCUT2D eigenvalue weighted by atomic mass is 10.0. The van der Waals surface area contributed by atoms with E-state index >= 15 is 0 Å². The normalized spacial score (nSPS) is 10.8. The second kappa shape index (κ2) is 8.11. The maximum absolute atomic E-state index is 12.4. The highest BCUT2D eigenvalue weighted by atomic mass is 35.5. The third kappa shape index (κ3) is 4.31. The van der Waals surface area contributed by atoms with Crippen LogP contribution in [0.2, 0.25) is 5.02 Å². The lowest BCUT2D eigenvalue weighted by molar-refractivity contribution is 0.863. The first-order chi connectivity index (χ1) is 12.9. The molecule has 3 aromatic rings. The van der Waals surface area contributed by atoms with Crippen LogP contribution in [0, 0.1) is 20.8 Å². The van der Waals surface area contributed by atoms with E-state index in [1.807, 2.05) is 51.1 Å². The highest BCUT2D eigenvalue weighted by molar-refractivity contribution is 7.80. The number of H-pyrrole nitrogens is 1. The Labute approximate surface area is 169 Å². The fraction of sp³-hybridized carbons (Fsp3) is 0.238. The first-order valence-electron chi connectivity index (χ1n) is 8.79. The van der Waals surface area contributed by atoms with Crippen LogP contribution in [0.1, 0.15) is 22.3 Å². The quantitative estimate of drug-likeness (QED) is 0.559. The van der Waals surface area contributed by atoms with Crippen LogP contribution in [-0.2, 0) is 6.42 Å². The zero-order valence-corrected chi connectivity index (χ0v) is 17.1. The van der Waals surface area contributed by atoms with Gasteiger partial charge < -0.3 is 15.6 Å². The molecule has 140 valence electrons. The number of halogens is 1. The van der Waals surface area contributed by atoms with Gasteiger partial charge in [0.2, 0.25) is 0 Å². The van der Waals surface area contributed by atoms with E-state index in [2.05, 4.69) is 21.7 Å². The Kier molecular flexibility index (Phi) is 5.82. The van der Waals surface area contributed by atoms with Crippen molar-refractivity contribution >= 4 is 45.5 Å². The topological polar surface area (TPSA) is 56.9 Å². The first kappa shape index (κ1) is 19.4. The molecule has 0 aliphatic carbocycles. The lowest BCUT2D eigenvalue weighted by Gasteiger charge is -2.13. The van der Waals surface area contributed by atoms with Crippen molar-refractivity contribution in [3.63, 3.8) is 0 Å². The molecule has 0 bridgehead atoms. The van der Waals surface area contributed by atoms with Gasteiger partial charge in [-0.1, -0.05) is 29.8 Å². The number of rotatable bonds is 4. The fourth-order valence-electron chi connectivity index (χ4n) is 2.98. The molecule has 0 amide bonds. The Bertz CT molecular complexity index is 1070. The SMILES string of the molecule is Cc1ccc2cc(CCNC(=S)Nc3cccc(Cl)c3C)c(=O)[nH]c2c1C. The largest absolute Gasteiger partial charge is 0.362 e. The highest BCUT2D eigenvalue weighted by Crippen LogP contribution is 2.23. The molecular weight excluding hydrogens is 378 g/mol. The summed E-state index contributed by atoms with van der Waals surface area (Å²) in [5.41, 5.74) is 5.68. The van der Waals surface area contributed by atoms with E-state index in [9.17, 15) is 4.79 Å². The van der Waals surface area contributed by atoms with Crippen LogP contribution in [0.4, 0.5) is 5.69 Å². The van der Waals surface area contributed by atoms with Crippen molar-refractivity contribution < 1.29 is 0 Å². The molecular formula is C21H22ClN3OS. The summed E-state index contributed by atoms with van der Waals surface area (Å²) in [5.74, 6) is 0. The van der Waals surface area contributed by atoms with Crippen molar-refractivity contribution in [2.24, 2.45) is 0 Å². The number of aryl methyl sites for hydroxylation is 2. The monoisotopic (exact) mass is 399 g/mol. The summed E-state index contributed by atoms with van der Waals surface area (Å²) in [7, 11) is 0. The summed E-state index contributed by atoms with van der Waals surface area (Å²) in [6.45, 7) is 6.56. The van der Waals surface area contributed by atoms with Crippen LogP contribution >= 0.6 is 23.8 Å². The maximum Gasteiger partial charge on any atom is 0.251 e. The van der Waals surface area contributed by atoms with E-state index in [1.165, 1.54) is 5.56 Å². The van der Waals surface area contributed by atoms with Gasteiger partial charge >= 0.3 is 0 Å². The Morgan fingerprint density at radius 2 is 1.93 bits per heavy atom. The average molecular weight is 400 g/mol. The van der Waals surface area contributed by atoms with Crippen LogP contribution in [0.3, 0.4) is 0 Å². The third-order valence-corrected chi connectivity index (χ3v) is 5.48. The van der Waals surface area contributed by atoms with Gasteiger partial charge in [0.1, 0.15) is 0 Å². The molecule has 0 unspecified atom stereocenters. The van der Waals surface area contributed by atoms with Crippen LogP contribution in [0.15, 0.2) is 41.2 Å². The molecule has 0 saturated carbocycles. The van der Waals surface area contributed by atoms with Gasteiger partial charge in [0, 0.05) is 22.8 Å². The maximum atomic E-state index is 12.4. The number of fused-ring (bicyclic) bond motifs is 1. The van der Waals surface area contributed by atoms with Crippen molar-refractivity contribution in [2.75, 3.05) is 11.9 Å². The molecule has 0 atom stereocenters. The molecule has 1 heterocycles. The van der Waals surface area contributed by atoms with E-state index < -0.39 is 0 Å². The number of hydrogen-bond acceptors (Lipinski definition) is 2. The Morgan fingerprint density at radius 1 is 1.15 bits per heavy atom. The number of nitrogens with one attached hydrogen (secondary N) is 3. The standard InChI is InChI=1S/C21H22ClN3OS/c1-12-7-8-15-11-16(20(26)25-19(15)13(12)2)9-10-23-21(27)24-18-6-4-5-17(22)14(18)3/h4-8,11H,9-10H2,1-3H3,(H,25,26)(H2,23,24,27). The van der Waals surface area contributed by atoms with Gasteiger partial charge in [-0.25, -0.2) is 0 Å². The van der Waals surface area contributed by atoms with Gasteiger partial charge in [-0.05, 0) is 79.7 Å². The van der Waals surface area contributed by atoms with Gasteiger partial charge in [-0.2, -0.15) is 0 Å². The van der Waals surface area contributed by atoms with Crippen molar-refractivity contribution in [1.29, 1.82) is 0 Å². The van der Waals surface area contributed by atoms with Crippen LogP contribution in [-0.4, -0.2) is 16.6 Å². The molecule has 0 aliphatic heterocycles. The molecule has 0 radical (unpaired) electrons. The average Bonchev–Trinajstić information content (AvgIpc) is 2.63. The summed E-state index contributed by atoms with van der Waals surface area (Å²) in [5, 5.41) is 8.53. The molecule has 3 rings (SSSR count). The Morgan fingerprint density at radius 3 is 2.70 bits per heavy atom. The summed E-state index contributed by atoms with van der Waals surface area (Å²) >= 11 is 11.5. The van der Waals surface area contributed by atoms with E-state index in [0.717, 1.165) is 33.3 Å². The zero-order chi connectivity index (χ0) is 19.6. The minimum atomic E-state index is -0.0532. The first-order valence-corrected chi connectivity index (χ1v) is 9.57. The van der Waals surface area contributed by atoms with Crippen molar-refractivity contribution in [3.8, 4) is 0 Å². The predicted molar refractivity (Wildman–Crippen MR) is 118 cm³/mol. The number of pyridine rings is 1. The van der Waals surface area contributed by atoms with Gasteiger partial charge in [0.05, 0.1) is 5.52 Å². The second-order valence-electron chi connectivity index (χ2n) is 6.64. The van der Waals surface area contributed by atoms with E-state index in [-0.39, 0.29) is 5.56 Å². The predicted octanol–water partition coefficient (Wildman–Crippen LogP) is 4.64. The summed E-state index contributed by atoms with van der Waals surface area (Å²) in [6, 6.07) is 11.7. The van der Waals surface area contributed by atoms with Gasteiger partial charge in [-0.3, -0.25) is 4.79 Å². The minimum Gasteiger partial charge on any atom is -0.362 e. The van der Waals surface area contributed by atoms with Crippen molar-refractivity contribution in [1.82, 2.24) is 10.3 Å².